The highest BCUT2D eigenvalue weighted by atomic mass is 32.2. The monoisotopic (exact) mass is 331 g/mol. The lowest BCUT2D eigenvalue weighted by atomic mass is 10.1. The third-order valence-corrected chi connectivity index (χ3v) is 6.76. The number of sulfone groups is 1. The quantitative estimate of drug-likeness (QED) is 0.644. The third kappa shape index (κ3) is 3.16. The number of benzene rings is 1. The summed E-state index contributed by atoms with van der Waals surface area (Å²) in [5.41, 5.74) is 5.82. The van der Waals surface area contributed by atoms with Gasteiger partial charge in [-0.1, -0.05) is 13.0 Å². The van der Waals surface area contributed by atoms with E-state index in [1.807, 2.05) is 0 Å². The molecule has 1 atom stereocenters. The van der Waals surface area contributed by atoms with Gasteiger partial charge in [0.25, 0.3) is 0 Å². The van der Waals surface area contributed by atoms with Gasteiger partial charge in [-0.15, -0.1) is 0 Å². The van der Waals surface area contributed by atoms with Crippen LogP contribution in [0, 0.1) is 11.2 Å². The maximum atomic E-state index is 14.0. The van der Waals surface area contributed by atoms with Gasteiger partial charge in [-0.05, 0) is 12.1 Å². The second kappa shape index (κ2) is 6.23. The summed E-state index contributed by atoms with van der Waals surface area (Å²) >= 11 is 1.56. The summed E-state index contributed by atoms with van der Waals surface area (Å²) in [6, 6.07) is 4.35. The van der Waals surface area contributed by atoms with Crippen LogP contribution in [-0.4, -0.2) is 43.4 Å². The van der Waals surface area contributed by atoms with Crippen molar-refractivity contribution in [3.8, 4) is 0 Å². The van der Waals surface area contributed by atoms with Crippen LogP contribution in [0.1, 0.15) is 12.5 Å². The molecule has 0 saturated carbocycles. The Labute approximate surface area is 128 Å². The second-order valence-electron chi connectivity index (χ2n) is 4.72. The van der Waals surface area contributed by atoms with Gasteiger partial charge >= 0.3 is 0 Å². The Morgan fingerprint density at radius 2 is 2.29 bits per heavy atom. The minimum Gasteiger partial charge on any atom is -0.384 e. The summed E-state index contributed by atoms with van der Waals surface area (Å²) in [7, 11) is -3.30. The van der Waals surface area contributed by atoms with Crippen molar-refractivity contribution in [2.24, 2.45) is 5.73 Å². The molecule has 0 spiro atoms. The van der Waals surface area contributed by atoms with Gasteiger partial charge in [0, 0.05) is 23.8 Å². The number of rotatable bonds is 4. The van der Waals surface area contributed by atoms with E-state index in [-0.39, 0.29) is 11.3 Å². The van der Waals surface area contributed by atoms with Gasteiger partial charge in [-0.3, -0.25) is 5.41 Å². The normalized spacial score (nSPS) is 19.5. The van der Waals surface area contributed by atoms with E-state index in [1.54, 1.807) is 29.7 Å². The van der Waals surface area contributed by atoms with Gasteiger partial charge in [0.1, 0.15) is 17.0 Å². The molecule has 116 valence electrons. The summed E-state index contributed by atoms with van der Waals surface area (Å²) < 4.78 is 38.5. The van der Waals surface area contributed by atoms with Crippen LogP contribution in [0.5, 0.6) is 0 Å². The Kier molecular flexibility index (Phi) is 4.77. The fraction of sp³-hybridized carbons (Fsp3) is 0.462. The molecule has 1 aliphatic heterocycles. The summed E-state index contributed by atoms with van der Waals surface area (Å²) in [6.45, 7) is 2.09. The van der Waals surface area contributed by atoms with Crippen LogP contribution in [0.15, 0.2) is 18.2 Å². The second-order valence-corrected chi connectivity index (χ2v) is 8.32. The molecule has 1 unspecified atom stereocenters. The number of hydrogen-bond acceptors (Lipinski definition) is 5. The molecule has 2 rings (SSSR count). The topological polar surface area (TPSA) is 87.2 Å². The lowest BCUT2D eigenvalue weighted by molar-refractivity contribution is 0.578. The van der Waals surface area contributed by atoms with Crippen LogP contribution < -0.4 is 10.6 Å². The Morgan fingerprint density at radius 3 is 2.90 bits per heavy atom. The summed E-state index contributed by atoms with van der Waals surface area (Å²) in [5.74, 6) is 0.215. The number of halogens is 1. The molecule has 1 fully saturated rings. The number of amidine groups is 1. The highest BCUT2D eigenvalue weighted by molar-refractivity contribution is 8.01. The van der Waals surface area contributed by atoms with Crippen LogP contribution >= 0.6 is 11.8 Å². The molecule has 1 aliphatic rings. The SMILES string of the molecule is CCS(=O)(=O)C1CSCCN1c1cccc(F)c1C(=N)N. The highest BCUT2D eigenvalue weighted by Gasteiger charge is 2.34. The van der Waals surface area contributed by atoms with E-state index in [4.69, 9.17) is 11.1 Å². The molecule has 0 aliphatic carbocycles. The van der Waals surface area contributed by atoms with Crippen molar-refractivity contribution in [2.45, 2.75) is 12.3 Å². The molecule has 8 heteroatoms. The molecule has 1 aromatic rings. The van der Waals surface area contributed by atoms with Crippen LogP contribution in [0.4, 0.5) is 10.1 Å². The number of nitrogen functional groups attached to an aromatic ring is 1. The van der Waals surface area contributed by atoms with E-state index in [0.29, 0.717) is 18.0 Å². The maximum absolute atomic E-state index is 14.0. The standard InChI is InChI=1S/C13H18FN3O2S2/c1-2-21(18,19)11-8-20-7-6-17(11)10-5-3-4-9(14)12(10)13(15)16/h3-5,11H,2,6-8H2,1H3,(H3,15,16). The van der Waals surface area contributed by atoms with Crippen molar-refractivity contribution in [1.82, 2.24) is 0 Å². The first-order valence-electron chi connectivity index (χ1n) is 6.57. The number of hydrogen-bond donors (Lipinski definition) is 2. The first-order valence-corrected chi connectivity index (χ1v) is 9.44. The van der Waals surface area contributed by atoms with Crippen LogP contribution in [0.3, 0.4) is 0 Å². The smallest absolute Gasteiger partial charge is 0.171 e. The number of nitrogens with one attached hydrogen (secondary N) is 1. The Morgan fingerprint density at radius 1 is 1.57 bits per heavy atom. The van der Waals surface area contributed by atoms with Gasteiger partial charge in [0.15, 0.2) is 9.84 Å². The van der Waals surface area contributed by atoms with Crippen molar-refractivity contribution >= 4 is 33.1 Å². The van der Waals surface area contributed by atoms with Gasteiger partial charge in [-0.25, -0.2) is 12.8 Å². The van der Waals surface area contributed by atoms with Gasteiger partial charge in [0.05, 0.1) is 11.3 Å². The molecule has 5 nitrogen and oxygen atoms in total. The minimum absolute atomic E-state index is 0.0271. The van der Waals surface area contributed by atoms with E-state index >= 15 is 0 Å². The first kappa shape index (κ1) is 16.1. The van der Waals surface area contributed by atoms with Crippen molar-refractivity contribution in [2.75, 3.05) is 28.7 Å². The Hall–Kier alpha value is -1.28. The fourth-order valence-corrected chi connectivity index (χ4v) is 5.35. The molecule has 0 amide bonds. The molecule has 21 heavy (non-hydrogen) atoms. The van der Waals surface area contributed by atoms with E-state index in [1.165, 1.54) is 12.1 Å². The molecule has 0 aromatic heterocycles. The van der Waals surface area contributed by atoms with E-state index in [2.05, 4.69) is 0 Å². The molecule has 3 N–H and O–H groups in total. The molecule has 1 heterocycles. The lowest BCUT2D eigenvalue weighted by Crippen LogP contribution is -2.48. The van der Waals surface area contributed by atoms with Crippen molar-refractivity contribution in [3.05, 3.63) is 29.6 Å². The Balaban J connectivity index is 2.53. The van der Waals surface area contributed by atoms with Gasteiger partial charge < -0.3 is 10.6 Å². The molecular weight excluding hydrogens is 313 g/mol. The zero-order valence-corrected chi connectivity index (χ0v) is 13.3. The van der Waals surface area contributed by atoms with E-state index in [0.717, 1.165) is 5.75 Å². The summed E-state index contributed by atoms with van der Waals surface area (Å²) in [5, 5.41) is 6.85. The Bertz CT molecular complexity index is 649. The van der Waals surface area contributed by atoms with Crippen molar-refractivity contribution in [1.29, 1.82) is 5.41 Å². The van der Waals surface area contributed by atoms with Crippen molar-refractivity contribution in [3.63, 3.8) is 0 Å². The number of nitrogens with two attached hydrogens (primary N) is 1. The number of nitrogens with zero attached hydrogens (tertiary/aromatic N) is 1. The van der Waals surface area contributed by atoms with Crippen molar-refractivity contribution < 1.29 is 12.8 Å². The van der Waals surface area contributed by atoms with Crippen LogP contribution in [-0.2, 0) is 9.84 Å². The summed E-state index contributed by atoms with van der Waals surface area (Å²) in [6.07, 6.45) is 0. The molecule has 0 radical (unpaired) electrons. The third-order valence-electron chi connectivity index (χ3n) is 3.47. The molecular formula is C13H18FN3O2S2. The molecule has 0 bridgehead atoms. The molecule has 1 saturated heterocycles. The fourth-order valence-electron chi connectivity index (χ4n) is 2.37. The average molecular weight is 331 g/mol. The zero-order chi connectivity index (χ0) is 15.6. The number of thioether (sulfide) groups is 1. The van der Waals surface area contributed by atoms with Crippen LogP contribution in [0.2, 0.25) is 0 Å². The van der Waals surface area contributed by atoms with Crippen LogP contribution in [0.25, 0.3) is 0 Å². The predicted molar refractivity (Wildman–Crippen MR) is 85.3 cm³/mol. The predicted octanol–water partition coefficient (Wildman–Crippen LogP) is 1.42. The minimum atomic E-state index is -3.30. The largest absolute Gasteiger partial charge is 0.384 e. The number of anilines is 1. The first-order chi connectivity index (χ1) is 9.88. The highest BCUT2D eigenvalue weighted by Crippen LogP contribution is 2.31. The van der Waals surface area contributed by atoms with Gasteiger partial charge in [0.2, 0.25) is 0 Å². The zero-order valence-electron chi connectivity index (χ0n) is 11.7. The molecule has 1 aromatic carbocycles. The van der Waals surface area contributed by atoms with E-state index in [9.17, 15) is 12.8 Å². The summed E-state index contributed by atoms with van der Waals surface area (Å²) in [4.78, 5) is 1.66. The average Bonchev–Trinajstić information content (AvgIpc) is 2.46. The van der Waals surface area contributed by atoms with Gasteiger partial charge in [-0.2, -0.15) is 11.8 Å². The van der Waals surface area contributed by atoms with E-state index < -0.39 is 26.9 Å². The lowest BCUT2D eigenvalue weighted by Gasteiger charge is -2.37. The maximum Gasteiger partial charge on any atom is 0.171 e.